The minimum atomic E-state index is -0.623. The van der Waals surface area contributed by atoms with Crippen LogP contribution in [0.15, 0.2) is 42.5 Å². The largest absolute Gasteiger partial charge is 0.484 e. The lowest BCUT2D eigenvalue weighted by Crippen LogP contribution is -2.50. The molecule has 2 aromatic rings. The summed E-state index contributed by atoms with van der Waals surface area (Å²) in [7, 11) is 0. The van der Waals surface area contributed by atoms with Crippen LogP contribution in [0.25, 0.3) is 0 Å². The number of hydrogen-bond donors (Lipinski definition) is 1. The molecule has 6 heteroatoms. The molecule has 2 rings (SSSR count). The maximum atomic E-state index is 13.1. The molecule has 2 atom stereocenters. The van der Waals surface area contributed by atoms with Crippen molar-refractivity contribution in [3.05, 3.63) is 64.2 Å². The fraction of sp³-hybridized carbons (Fsp3) is 0.417. The van der Waals surface area contributed by atoms with Gasteiger partial charge >= 0.3 is 0 Å². The second kappa shape index (κ2) is 11.0. The van der Waals surface area contributed by atoms with Gasteiger partial charge in [-0.2, -0.15) is 0 Å². The van der Waals surface area contributed by atoms with Crippen LogP contribution in [0.4, 0.5) is 0 Å². The standard InChI is InChI=1S/C24H31ClN2O3/c1-6-18(4)26-24(29)19(5)27(14-20-9-7-8-16(2)12-20)23(28)15-30-21-10-11-22(25)17(3)13-21/h7-13,18-19H,6,14-15H2,1-5H3,(H,26,29)/t18-,19-/m0/s1. The highest BCUT2D eigenvalue weighted by Crippen LogP contribution is 2.21. The van der Waals surface area contributed by atoms with E-state index >= 15 is 0 Å². The molecule has 162 valence electrons. The number of rotatable bonds is 9. The van der Waals surface area contributed by atoms with Crippen molar-refractivity contribution in [2.45, 2.75) is 59.7 Å². The van der Waals surface area contributed by atoms with Crippen LogP contribution in [0, 0.1) is 13.8 Å². The topological polar surface area (TPSA) is 58.6 Å². The third-order valence-corrected chi connectivity index (χ3v) is 5.52. The molecule has 0 saturated heterocycles. The third-order valence-electron chi connectivity index (χ3n) is 5.10. The number of aryl methyl sites for hydroxylation is 2. The van der Waals surface area contributed by atoms with Gasteiger partial charge in [0.25, 0.3) is 5.91 Å². The van der Waals surface area contributed by atoms with E-state index in [1.54, 1.807) is 30.0 Å². The zero-order valence-corrected chi connectivity index (χ0v) is 19.1. The Morgan fingerprint density at radius 1 is 1.13 bits per heavy atom. The quantitative estimate of drug-likeness (QED) is 0.629. The van der Waals surface area contributed by atoms with E-state index in [2.05, 4.69) is 5.32 Å². The first-order valence-corrected chi connectivity index (χ1v) is 10.6. The van der Waals surface area contributed by atoms with E-state index in [9.17, 15) is 9.59 Å². The maximum absolute atomic E-state index is 13.1. The molecule has 30 heavy (non-hydrogen) atoms. The average molecular weight is 431 g/mol. The minimum Gasteiger partial charge on any atom is -0.484 e. The average Bonchev–Trinajstić information content (AvgIpc) is 2.72. The lowest BCUT2D eigenvalue weighted by atomic mass is 10.1. The Balaban J connectivity index is 2.16. The predicted molar refractivity (Wildman–Crippen MR) is 121 cm³/mol. The van der Waals surface area contributed by atoms with Gasteiger partial charge in [0.2, 0.25) is 5.91 Å². The van der Waals surface area contributed by atoms with E-state index in [1.165, 1.54) is 0 Å². The molecule has 1 N–H and O–H groups in total. The zero-order chi connectivity index (χ0) is 22.3. The summed E-state index contributed by atoms with van der Waals surface area (Å²) < 4.78 is 5.70. The van der Waals surface area contributed by atoms with Crippen LogP contribution < -0.4 is 10.1 Å². The van der Waals surface area contributed by atoms with Crippen LogP contribution in [0.5, 0.6) is 5.75 Å². The summed E-state index contributed by atoms with van der Waals surface area (Å²) >= 11 is 6.05. The van der Waals surface area contributed by atoms with E-state index < -0.39 is 6.04 Å². The number of benzene rings is 2. The number of nitrogens with one attached hydrogen (secondary N) is 1. The number of halogens is 1. The van der Waals surface area contributed by atoms with Gasteiger partial charge in [-0.3, -0.25) is 9.59 Å². The Hall–Kier alpha value is -2.53. The molecule has 0 aliphatic rings. The van der Waals surface area contributed by atoms with Crippen molar-refractivity contribution in [3.63, 3.8) is 0 Å². The van der Waals surface area contributed by atoms with Crippen molar-refractivity contribution >= 4 is 23.4 Å². The molecule has 0 aromatic heterocycles. The van der Waals surface area contributed by atoms with Crippen molar-refractivity contribution in [2.75, 3.05) is 6.61 Å². The van der Waals surface area contributed by atoms with E-state index in [0.29, 0.717) is 17.3 Å². The Morgan fingerprint density at radius 2 is 1.87 bits per heavy atom. The molecule has 0 radical (unpaired) electrons. The van der Waals surface area contributed by atoms with Crippen molar-refractivity contribution < 1.29 is 14.3 Å². The van der Waals surface area contributed by atoms with Gasteiger partial charge in [0, 0.05) is 17.6 Å². The van der Waals surface area contributed by atoms with E-state index in [0.717, 1.165) is 23.1 Å². The van der Waals surface area contributed by atoms with Crippen molar-refractivity contribution in [1.82, 2.24) is 10.2 Å². The molecule has 5 nitrogen and oxygen atoms in total. The van der Waals surface area contributed by atoms with Gasteiger partial charge in [-0.05, 0) is 63.4 Å². The molecule has 0 aliphatic carbocycles. The Morgan fingerprint density at radius 3 is 2.50 bits per heavy atom. The lowest BCUT2D eigenvalue weighted by molar-refractivity contribution is -0.142. The van der Waals surface area contributed by atoms with Crippen LogP contribution in [0.3, 0.4) is 0 Å². The predicted octanol–water partition coefficient (Wildman–Crippen LogP) is 4.67. The highest BCUT2D eigenvalue weighted by Gasteiger charge is 2.27. The summed E-state index contributed by atoms with van der Waals surface area (Å²) in [6.07, 6.45) is 0.823. The summed E-state index contributed by atoms with van der Waals surface area (Å²) in [6, 6.07) is 12.6. The van der Waals surface area contributed by atoms with Gasteiger partial charge in [-0.15, -0.1) is 0 Å². The van der Waals surface area contributed by atoms with Crippen LogP contribution in [0.2, 0.25) is 5.02 Å². The normalized spacial score (nSPS) is 12.7. The van der Waals surface area contributed by atoms with E-state index in [1.807, 2.05) is 52.0 Å². The van der Waals surface area contributed by atoms with Gasteiger partial charge in [0.15, 0.2) is 6.61 Å². The fourth-order valence-electron chi connectivity index (χ4n) is 2.99. The van der Waals surface area contributed by atoms with Gasteiger partial charge in [-0.25, -0.2) is 0 Å². The van der Waals surface area contributed by atoms with Crippen molar-refractivity contribution in [3.8, 4) is 5.75 Å². The summed E-state index contributed by atoms with van der Waals surface area (Å²) in [5, 5.41) is 3.60. The lowest BCUT2D eigenvalue weighted by Gasteiger charge is -2.29. The Labute approximate surface area is 184 Å². The highest BCUT2D eigenvalue weighted by molar-refractivity contribution is 6.31. The van der Waals surface area contributed by atoms with E-state index in [-0.39, 0.29) is 24.5 Å². The first-order chi connectivity index (χ1) is 14.2. The molecular weight excluding hydrogens is 400 g/mol. The second-order valence-corrected chi connectivity index (χ2v) is 8.11. The SMILES string of the molecule is CC[C@H](C)NC(=O)[C@H](C)N(Cc1cccc(C)c1)C(=O)COc1ccc(Cl)c(C)c1. The molecule has 0 heterocycles. The first-order valence-electron chi connectivity index (χ1n) is 10.3. The summed E-state index contributed by atoms with van der Waals surface area (Å²) in [5.74, 6) is 0.140. The Bertz CT molecular complexity index is 885. The number of ether oxygens (including phenoxy) is 1. The molecule has 2 aromatic carbocycles. The molecule has 0 unspecified atom stereocenters. The summed E-state index contributed by atoms with van der Waals surface area (Å²) in [5.41, 5.74) is 2.94. The highest BCUT2D eigenvalue weighted by atomic mass is 35.5. The van der Waals surface area contributed by atoms with Gasteiger partial charge in [0.1, 0.15) is 11.8 Å². The minimum absolute atomic E-state index is 0.0455. The molecular formula is C24H31ClN2O3. The van der Waals surface area contributed by atoms with Crippen LogP contribution in [0.1, 0.15) is 43.9 Å². The second-order valence-electron chi connectivity index (χ2n) is 7.70. The van der Waals surface area contributed by atoms with Crippen LogP contribution in [-0.4, -0.2) is 35.4 Å². The molecule has 0 fully saturated rings. The fourth-order valence-corrected chi connectivity index (χ4v) is 3.11. The van der Waals surface area contributed by atoms with Gasteiger partial charge < -0.3 is 15.0 Å². The number of amides is 2. The maximum Gasteiger partial charge on any atom is 0.261 e. The van der Waals surface area contributed by atoms with Crippen molar-refractivity contribution in [1.29, 1.82) is 0 Å². The Kier molecular flexibility index (Phi) is 8.72. The third kappa shape index (κ3) is 6.77. The zero-order valence-electron chi connectivity index (χ0n) is 18.4. The van der Waals surface area contributed by atoms with Crippen LogP contribution >= 0.6 is 11.6 Å². The van der Waals surface area contributed by atoms with Gasteiger partial charge in [0.05, 0.1) is 0 Å². The monoisotopic (exact) mass is 430 g/mol. The molecule has 2 amide bonds. The van der Waals surface area contributed by atoms with Crippen LogP contribution in [-0.2, 0) is 16.1 Å². The van der Waals surface area contributed by atoms with Gasteiger partial charge in [-0.1, -0.05) is 48.4 Å². The molecule has 0 aliphatic heterocycles. The number of nitrogens with zero attached hydrogens (tertiary/aromatic N) is 1. The number of carbonyl (C=O) groups is 2. The molecule has 0 bridgehead atoms. The number of carbonyl (C=O) groups excluding carboxylic acids is 2. The van der Waals surface area contributed by atoms with Crippen molar-refractivity contribution in [2.24, 2.45) is 0 Å². The number of hydrogen-bond acceptors (Lipinski definition) is 3. The molecule has 0 saturated carbocycles. The summed E-state index contributed by atoms with van der Waals surface area (Å²) in [6.45, 7) is 9.75. The summed E-state index contributed by atoms with van der Waals surface area (Å²) in [4.78, 5) is 27.3. The first kappa shape index (κ1) is 23.7. The van der Waals surface area contributed by atoms with E-state index in [4.69, 9.17) is 16.3 Å². The molecule has 0 spiro atoms. The smallest absolute Gasteiger partial charge is 0.261 e.